The number of carbonyl (C=O) groups is 2. The lowest BCUT2D eigenvalue weighted by molar-refractivity contribution is -0.143. The normalized spacial score (nSPS) is 12.2. The van der Waals surface area contributed by atoms with Crippen molar-refractivity contribution in [3.63, 3.8) is 0 Å². The Morgan fingerprint density at radius 2 is 1.85 bits per heavy atom. The minimum absolute atomic E-state index is 0.173. The lowest BCUT2D eigenvalue weighted by Crippen LogP contribution is -2.34. The molecular formula is C14H18ClNO4. The Morgan fingerprint density at radius 1 is 1.25 bits per heavy atom. The molecule has 1 unspecified atom stereocenters. The van der Waals surface area contributed by atoms with Gasteiger partial charge in [0.25, 0.3) is 0 Å². The van der Waals surface area contributed by atoms with E-state index in [4.69, 9.17) is 21.4 Å². The molecular weight excluding hydrogens is 282 g/mol. The number of amides is 1. The summed E-state index contributed by atoms with van der Waals surface area (Å²) < 4.78 is 4.76. The largest absolute Gasteiger partial charge is 0.480 e. The zero-order valence-corrected chi connectivity index (χ0v) is 12.2. The summed E-state index contributed by atoms with van der Waals surface area (Å²) in [4.78, 5) is 22.0. The average Bonchev–Trinajstić information content (AvgIpc) is 2.36. The monoisotopic (exact) mass is 299 g/mol. The number of hydrogen-bond acceptors (Lipinski definition) is 3. The average molecular weight is 300 g/mol. The number of carbonyl (C=O) groups excluding carboxylic acids is 1. The molecule has 1 aromatic rings. The molecule has 1 amide bonds. The van der Waals surface area contributed by atoms with Crippen LogP contribution in [0.25, 0.3) is 0 Å². The zero-order chi connectivity index (χ0) is 15.1. The van der Waals surface area contributed by atoms with Gasteiger partial charge in [0.15, 0.2) is 0 Å². The van der Waals surface area contributed by atoms with Gasteiger partial charge >= 0.3 is 5.97 Å². The van der Waals surface area contributed by atoms with E-state index in [9.17, 15) is 9.59 Å². The smallest absolute Gasteiger partial charge is 0.329 e. The molecule has 5 nitrogen and oxygen atoms in total. The maximum absolute atomic E-state index is 11.7. The van der Waals surface area contributed by atoms with Crippen LogP contribution in [-0.2, 0) is 14.3 Å². The Bertz CT molecular complexity index is 459. The van der Waals surface area contributed by atoms with Crippen molar-refractivity contribution in [2.75, 3.05) is 13.2 Å². The number of benzene rings is 1. The SMILES string of the molecule is CC(C)C(NC(=O)COCC(=O)O)c1ccc(Cl)cc1. The zero-order valence-electron chi connectivity index (χ0n) is 11.4. The van der Waals surface area contributed by atoms with Gasteiger partial charge in [0.1, 0.15) is 13.2 Å². The fourth-order valence-electron chi connectivity index (χ4n) is 1.75. The summed E-state index contributed by atoms with van der Waals surface area (Å²) in [5.41, 5.74) is 0.941. The third-order valence-corrected chi connectivity index (χ3v) is 2.92. The van der Waals surface area contributed by atoms with Crippen molar-refractivity contribution in [2.45, 2.75) is 19.9 Å². The molecule has 2 N–H and O–H groups in total. The predicted octanol–water partition coefficient (Wildman–Crippen LogP) is 2.25. The number of ether oxygens (including phenoxy) is 1. The standard InChI is InChI=1S/C14H18ClNO4/c1-9(2)14(10-3-5-11(15)6-4-10)16-12(17)7-20-8-13(18)19/h3-6,9,14H,7-8H2,1-2H3,(H,16,17)(H,18,19). The molecule has 0 aliphatic heterocycles. The van der Waals surface area contributed by atoms with Gasteiger partial charge in [-0.25, -0.2) is 4.79 Å². The topological polar surface area (TPSA) is 75.6 Å². The molecule has 0 fully saturated rings. The highest BCUT2D eigenvalue weighted by Crippen LogP contribution is 2.23. The van der Waals surface area contributed by atoms with E-state index in [1.54, 1.807) is 12.1 Å². The van der Waals surface area contributed by atoms with E-state index >= 15 is 0 Å². The van der Waals surface area contributed by atoms with Gasteiger partial charge in [-0.1, -0.05) is 37.6 Å². The summed E-state index contributed by atoms with van der Waals surface area (Å²) in [5, 5.41) is 11.9. The molecule has 0 radical (unpaired) electrons. The van der Waals surface area contributed by atoms with Crippen molar-refractivity contribution in [1.82, 2.24) is 5.32 Å². The van der Waals surface area contributed by atoms with Crippen LogP contribution in [0.4, 0.5) is 0 Å². The quantitative estimate of drug-likeness (QED) is 0.810. The summed E-state index contributed by atoms with van der Waals surface area (Å²) >= 11 is 5.84. The molecule has 0 aliphatic carbocycles. The van der Waals surface area contributed by atoms with E-state index < -0.39 is 12.6 Å². The van der Waals surface area contributed by atoms with Crippen molar-refractivity contribution >= 4 is 23.5 Å². The number of aliphatic carboxylic acids is 1. The van der Waals surface area contributed by atoms with Crippen LogP contribution in [0.2, 0.25) is 5.02 Å². The lowest BCUT2D eigenvalue weighted by Gasteiger charge is -2.23. The fraction of sp³-hybridized carbons (Fsp3) is 0.429. The van der Waals surface area contributed by atoms with Crippen LogP contribution in [0.5, 0.6) is 0 Å². The molecule has 0 aromatic heterocycles. The number of carboxylic acid groups (broad SMARTS) is 1. The molecule has 0 saturated heterocycles. The minimum atomic E-state index is -1.10. The van der Waals surface area contributed by atoms with Gasteiger partial charge in [-0.2, -0.15) is 0 Å². The van der Waals surface area contributed by atoms with E-state index in [0.29, 0.717) is 5.02 Å². The van der Waals surface area contributed by atoms with E-state index in [-0.39, 0.29) is 24.5 Å². The molecule has 6 heteroatoms. The second kappa shape index (κ2) is 7.87. The number of halogens is 1. The highest BCUT2D eigenvalue weighted by Gasteiger charge is 2.18. The van der Waals surface area contributed by atoms with Crippen molar-refractivity contribution in [3.8, 4) is 0 Å². The maximum atomic E-state index is 11.7. The molecule has 20 heavy (non-hydrogen) atoms. The van der Waals surface area contributed by atoms with Crippen LogP contribution >= 0.6 is 11.6 Å². The van der Waals surface area contributed by atoms with Crippen molar-refractivity contribution in [1.29, 1.82) is 0 Å². The van der Waals surface area contributed by atoms with Crippen LogP contribution in [0.15, 0.2) is 24.3 Å². The summed E-state index contributed by atoms with van der Waals surface area (Å²) in [6, 6.07) is 7.06. The first-order chi connectivity index (χ1) is 9.40. The summed E-state index contributed by atoms with van der Waals surface area (Å²) in [5.74, 6) is -1.27. The maximum Gasteiger partial charge on any atom is 0.329 e. The summed E-state index contributed by atoms with van der Waals surface area (Å²) in [6.07, 6.45) is 0. The second-order valence-corrected chi connectivity index (χ2v) is 5.16. The summed E-state index contributed by atoms with van der Waals surface area (Å²) in [7, 11) is 0. The highest BCUT2D eigenvalue weighted by atomic mass is 35.5. The van der Waals surface area contributed by atoms with Gasteiger partial charge in [0.2, 0.25) is 5.91 Å². The van der Waals surface area contributed by atoms with E-state index in [2.05, 4.69) is 5.32 Å². The number of hydrogen-bond donors (Lipinski definition) is 2. The first-order valence-electron chi connectivity index (χ1n) is 6.24. The first-order valence-corrected chi connectivity index (χ1v) is 6.62. The van der Waals surface area contributed by atoms with E-state index in [1.807, 2.05) is 26.0 Å². The molecule has 0 saturated carbocycles. The number of rotatable bonds is 7. The van der Waals surface area contributed by atoms with Gasteiger partial charge in [0.05, 0.1) is 6.04 Å². The highest BCUT2D eigenvalue weighted by molar-refractivity contribution is 6.30. The van der Waals surface area contributed by atoms with Crippen LogP contribution in [0.3, 0.4) is 0 Å². The molecule has 0 aliphatic rings. The van der Waals surface area contributed by atoms with Gasteiger partial charge in [-0.3, -0.25) is 4.79 Å². The molecule has 0 heterocycles. The Kier molecular flexibility index (Phi) is 6.48. The van der Waals surface area contributed by atoms with Crippen molar-refractivity contribution < 1.29 is 19.4 Å². The molecule has 0 spiro atoms. The Hall–Kier alpha value is -1.59. The van der Waals surface area contributed by atoms with Crippen molar-refractivity contribution in [3.05, 3.63) is 34.9 Å². The third kappa shape index (κ3) is 5.59. The Balaban J connectivity index is 2.61. The predicted molar refractivity (Wildman–Crippen MR) is 75.6 cm³/mol. The Morgan fingerprint density at radius 3 is 2.35 bits per heavy atom. The fourth-order valence-corrected chi connectivity index (χ4v) is 1.88. The Labute approximate surface area is 122 Å². The number of carboxylic acids is 1. The van der Waals surface area contributed by atoms with Gasteiger partial charge in [-0.15, -0.1) is 0 Å². The van der Waals surface area contributed by atoms with Crippen LogP contribution < -0.4 is 5.32 Å². The van der Waals surface area contributed by atoms with E-state index in [0.717, 1.165) is 5.56 Å². The third-order valence-electron chi connectivity index (χ3n) is 2.67. The molecule has 110 valence electrons. The minimum Gasteiger partial charge on any atom is -0.480 e. The first kappa shape index (κ1) is 16.5. The van der Waals surface area contributed by atoms with Gasteiger partial charge in [-0.05, 0) is 23.6 Å². The lowest BCUT2D eigenvalue weighted by atomic mass is 9.96. The second-order valence-electron chi connectivity index (χ2n) is 4.73. The molecule has 1 aromatic carbocycles. The molecule has 1 atom stereocenters. The summed E-state index contributed by atoms with van der Waals surface area (Å²) in [6.45, 7) is 3.21. The van der Waals surface area contributed by atoms with Gasteiger partial charge in [0, 0.05) is 5.02 Å². The van der Waals surface area contributed by atoms with Crippen LogP contribution in [-0.4, -0.2) is 30.2 Å². The van der Waals surface area contributed by atoms with Gasteiger partial charge < -0.3 is 15.2 Å². The van der Waals surface area contributed by atoms with E-state index in [1.165, 1.54) is 0 Å². The molecule has 0 bridgehead atoms. The molecule has 1 rings (SSSR count). The van der Waals surface area contributed by atoms with Crippen LogP contribution in [0, 0.1) is 5.92 Å². The number of nitrogens with one attached hydrogen (secondary N) is 1. The van der Waals surface area contributed by atoms with Crippen LogP contribution in [0.1, 0.15) is 25.5 Å². The van der Waals surface area contributed by atoms with Crippen molar-refractivity contribution in [2.24, 2.45) is 5.92 Å².